The number of nitrogens with zero attached hydrogens (tertiary/aromatic N) is 4. The number of carbonyl (C=O) groups is 1. The molecule has 5 nitrogen and oxygen atoms in total. The van der Waals surface area contributed by atoms with Gasteiger partial charge in [0.2, 0.25) is 5.91 Å². The molecule has 4 rings (SSSR count). The number of anilines is 1. The first kappa shape index (κ1) is 19.2. The van der Waals surface area contributed by atoms with Crippen molar-refractivity contribution in [1.29, 1.82) is 0 Å². The molecule has 6 heteroatoms. The van der Waals surface area contributed by atoms with E-state index in [9.17, 15) is 4.79 Å². The molecule has 0 bridgehead atoms. The average molecular weight is 399 g/mol. The van der Waals surface area contributed by atoms with E-state index in [0.29, 0.717) is 13.1 Å². The quantitative estimate of drug-likeness (QED) is 0.736. The number of piperidine rings is 1. The first-order valence-electron chi connectivity index (χ1n) is 10.1. The van der Waals surface area contributed by atoms with Gasteiger partial charge < -0.3 is 9.80 Å². The summed E-state index contributed by atoms with van der Waals surface area (Å²) in [6, 6.07) is 9.56. The Morgan fingerprint density at radius 3 is 2.57 bits per heavy atom. The number of fused-ring (bicyclic) bond motifs is 1. The Bertz CT molecular complexity index is 849. The zero-order valence-electron chi connectivity index (χ0n) is 16.6. The van der Waals surface area contributed by atoms with Crippen LogP contribution in [0.1, 0.15) is 47.8 Å². The third-order valence-electron chi connectivity index (χ3n) is 5.85. The summed E-state index contributed by atoms with van der Waals surface area (Å²) in [7, 11) is 0. The second-order valence-corrected chi connectivity index (χ2v) is 8.41. The highest BCUT2D eigenvalue weighted by molar-refractivity contribution is 6.30. The molecule has 1 saturated heterocycles. The van der Waals surface area contributed by atoms with Gasteiger partial charge in [0.15, 0.2) is 0 Å². The van der Waals surface area contributed by atoms with E-state index in [4.69, 9.17) is 16.6 Å². The summed E-state index contributed by atoms with van der Waals surface area (Å²) in [5.74, 6) is 2.54. The van der Waals surface area contributed by atoms with E-state index >= 15 is 0 Å². The van der Waals surface area contributed by atoms with E-state index in [1.807, 2.05) is 42.2 Å². The lowest BCUT2D eigenvalue weighted by Gasteiger charge is -2.36. The number of rotatable bonds is 3. The van der Waals surface area contributed by atoms with Gasteiger partial charge in [-0.25, -0.2) is 9.97 Å². The molecule has 0 spiro atoms. The Hall–Kier alpha value is -2.14. The molecule has 0 aliphatic carbocycles. The van der Waals surface area contributed by atoms with Gasteiger partial charge in [-0.05, 0) is 31.2 Å². The Morgan fingerprint density at radius 2 is 1.86 bits per heavy atom. The van der Waals surface area contributed by atoms with Gasteiger partial charge in [-0.2, -0.15) is 0 Å². The van der Waals surface area contributed by atoms with Crippen molar-refractivity contribution < 1.29 is 4.79 Å². The number of aryl methyl sites for hydroxylation is 1. The topological polar surface area (TPSA) is 49.3 Å². The normalized spacial score (nSPS) is 18.7. The van der Waals surface area contributed by atoms with E-state index in [1.54, 1.807) is 0 Å². The summed E-state index contributed by atoms with van der Waals surface area (Å²) in [4.78, 5) is 26.7. The first-order valence-corrected chi connectivity index (χ1v) is 10.6. The Balaban J connectivity index is 1.58. The molecule has 3 heterocycles. The molecule has 1 amide bonds. The van der Waals surface area contributed by atoms with E-state index < -0.39 is 5.38 Å². The molecule has 0 radical (unpaired) electrons. The van der Waals surface area contributed by atoms with Crippen LogP contribution in [0.25, 0.3) is 0 Å². The predicted molar refractivity (Wildman–Crippen MR) is 112 cm³/mol. The van der Waals surface area contributed by atoms with Crippen LogP contribution in [-0.2, 0) is 17.8 Å². The van der Waals surface area contributed by atoms with Crippen LogP contribution in [0.5, 0.6) is 0 Å². The average Bonchev–Trinajstić information content (AvgIpc) is 2.73. The SMILES string of the molecule is Cc1nc2c(c(N3CCC(C)CC3)n1)CN(C(=O)[C@@H](Cl)c1ccccc1)CC2. The van der Waals surface area contributed by atoms with E-state index in [2.05, 4.69) is 16.8 Å². The number of halogens is 1. The fraction of sp³-hybridized carbons (Fsp3) is 0.500. The molecule has 1 aromatic heterocycles. The fourth-order valence-electron chi connectivity index (χ4n) is 4.11. The molecule has 28 heavy (non-hydrogen) atoms. The van der Waals surface area contributed by atoms with E-state index in [-0.39, 0.29) is 5.91 Å². The summed E-state index contributed by atoms with van der Waals surface area (Å²) in [6.07, 6.45) is 3.11. The fourth-order valence-corrected chi connectivity index (χ4v) is 4.40. The Kier molecular flexibility index (Phi) is 5.54. The van der Waals surface area contributed by atoms with Crippen molar-refractivity contribution >= 4 is 23.3 Å². The van der Waals surface area contributed by atoms with Crippen molar-refractivity contribution in [3.63, 3.8) is 0 Å². The molecule has 1 atom stereocenters. The molecule has 0 saturated carbocycles. The van der Waals surface area contributed by atoms with Gasteiger partial charge in [0.05, 0.1) is 12.2 Å². The number of benzene rings is 1. The van der Waals surface area contributed by atoms with Crippen LogP contribution in [0, 0.1) is 12.8 Å². The highest BCUT2D eigenvalue weighted by Crippen LogP contribution is 2.32. The van der Waals surface area contributed by atoms with Gasteiger partial charge in [0.1, 0.15) is 17.0 Å². The molecule has 0 N–H and O–H groups in total. The maximum atomic E-state index is 13.0. The van der Waals surface area contributed by atoms with Crippen molar-refractivity contribution in [3.05, 3.63) is 53.0 Å². The van der Waals surface area contributed by atoms with Gasteiger partial charge >= 0.3 is 0 Å². The van der Waals surface area contributed by atoms with Crippen LogP contribution in [0.3, 0.4) is 0 Å². The van der Waals surface area contributed by atoms with Crippen molar-refractivity contribution in [2.75, 3.05) is 24.5 Å². The molecule has 148 valence electrons. The first-order chi connectivity index (χ1) is 13.5. The molecular weight excluding hydrogens is 372 g/mol. The Labute approximate surface area is 171 Å². The Morgan fingerprint density at radius 1 is 1.14 bits per heavy atom. The summed E-state index contributed by atoms with van der Waals surface area (Å²) < 4.78 is 0. The van der Waals surface area contributed by atoms with E-state index in [0.717, 1.165) is 53.9 Å². The maximum Gasteiger partial charge on any atom is 0.245 e. The minimum atomic E-state index is -0.659. The zero-order chi connectivity index (χ0) is 19.7. The summed E-state index contributed by atoms with van der Waals surface area (Å²) in [6.45, 7) is 7.47. The summed E-state index contributed by atoms with van der Waals surface area (Å²) in [5.41, 5.74) is 3.01. The van der Waals surface area contributed by atoms with Crippen molar-refractivity contribution in [1.82, 2.24) is 14.9 Å². The highest BCUT2D eigenvalue weighted by Gasteiger charge is 2.31. The molecule has 0 unspecified atom stereocenters. The number of amides is 1. The van der Waals surface area contributed by atoms with Crippen LogP contribution in [-0.4, -0.2) is 40.4 Å². The van der Waals surface area contributed by atoms with Crippen LogP contribution >= 0.6 is 11.6 Å². The predicted octanol–water partition coefficient (Wildman–Crippen LogP) is 3.89. The van der Waals surface area contributed by atoms with Crippen LogP contribution in [0.2, 0.25) is 0 Å². The molecule has 1 aromatic carbocycles. The molecule has 1 fully saturated rings. The number of alkyl halides is 1. The second kappa shape index (κ2) is 8.08. The van der Waals surface area contributed by atoms with E-state index in [1.165, 1.54) is 12.8 Å². The molecule has 2 aliphatic rings. The smallest absolute Gasteiger partial charge is 0.245 e. The number of carbonyl (C=O) groups excluding carboxylic acids is 1. The van der Waals surface area contributed by atoms with Crippen molar-refractivity contribution in [2.45, 2.75) is 45.0 Å². The largest absolute Gasteiger partial charge is 0.356 e. The third kappa shape index (κ3) is 3.86. The monoisotopic (exact) mass is 398 g/mol. The van der Waals surface area contributed by atoms with Crippen molar-refractivity contribution in [3.8, 4) is 0 Å². The number of hydrogen-bond donors (Lipinski definition) is 0. The van der Waals surface area contributed by atoms with Crippen LogP contribution < -0.4 is 4.90 Å². The molecule has 2 aromatic rings. The maximum absolute atomic E-state index is 13.0. The highest BCUT2D eigenvalue weighted by atomic mass is 35.5. The van der Waals surface area contributed by atoms with Crippen LogP contribution in [0.4, 0.5) is 5.82 Å². The lowest BCUT2D eigenvalue weighted by Crippen LogP contribution is -2.41. The zero-order valence-corrected chi connectivity index (χ0v) is 17.3. The van der Waals surface area contributed by atoms with Gasteiger partial charge in [0.25, 0.3) is 0 Å². The lowest BCUT2D eigenvalue weighted by atomic mass is 9.98. The number of aromatic nitrogens is 2. The van der Waals surface area contributed by atoms with Gasteiger partial charge in [-0.3, -0.25) is 4.79 Å². The second-order valence-electron chi connectivity index (χ2n) is 7.97. The minimum Gasteiger partial charge on any atom is -0.356 e. The summed E-state index contributed by atoms with van der Waals surface area (Å²) >= 11 is 6.51. The van der Waals surface area contributed by atoms with Crippen molar-refractivity contribution in [2.24, 2.45) is 5.92 Å². The standard InChI is InChI=1S/C22H27ClN4O/c1-15-8-11-26(12-9-15)21-18-14-27(13-10-19(18)24-16(2)25-21)22(28)20(23)17-6-4-3-5-7-17/h3-7,15,20H,8-14H2,1-2H3/t20-/m0/s1. The van der Waals surface area contributed by atoms with Gasteiger partial charge in [0, 0.05) is 31.6 Å². The number of hydrogen-bond acceptors (Lipinski definition) is 4. The minimum absolute atomic E-state index is 0.0442. The van der Waals surface area contributed by atoms with Crippen LogP contribution in [0.15, 0.2) is 30.3 Å². The third-order valence-corrected chi connectivity index (χ3v) is 6.29. The molecule has 2 aliphatic heterocycles. The molecular formula is C22H27ClN4O. The lowest BCUT2D eigenvalue weighted by molar-refractivity contribution is -0.131. The van der Waals surface area contributed by atoms with Gasteiger partial charge in [-0.15, -0.1) is 11.6 Å². The van der Waals surface area contributed by atoms with Gasteiger partial charge in [-0.1, -0.05) is 37.3 Å². The summed E-state index contributed by atoms with van der Waals surface area (Å²) in [5, 5.41) is -0.659.